The second kappa shape index (κ2) is 6.93. The van der Waals surface area contributed by atoms with Gasteiger partial charge in [0.05, 0.1) is 23.5 Å². The minimum absolute atomic E-state index is 0.334. The summed E-state index contributed by atoms with van der Waals surface area (Å²) in [4.78, 5) is 11.3. The Labute approximate surface area is 116 Å². The van der Waals surface area contributed by atoms with Crippen molar-refractivity contribution < 1.29 is 0 Å². The van der Waals surface area contributed by atoms with Gasteiger partial charge in [0.15, 0.2) is 0 Å². The molecule has 0 amide bonds. The molecule has 0 bridgehead atoms. The summed E-state index contributed by atoms with van der Waals surface area (Å²) in [5, 5.41) is 0. The molecular weight excluding hydrogens is 246 g/mol. The lowest BCUT2D eigenvalue weighted by atomic mass is 10.1. The molecule has 1 aromatic heterocycles. The predicted octanol–water partition coefficient (Wildman–Crippen LogP) is 3.82. The van der Waals surface area contributed by atoms with E-state index in [2.05, 4.69) is 49.5 Å². The third-order valence-corrected chi connectivity index (χ3v) is 3.07. The zero-order chi connectivity index (χ0) is 13.7. The first-order valence-electron chi connectivity index (χ1n) is 6.66. The molecule has 0 saturated carbocycles. The van der Waals surface area contributed by atoms with Crippen LogP contribution in [-0.2, 0) is 5.88 Å². The minimum Gasteiger partial charge on any atom is -0.369 e. The van der Waals surface area contributed by atoms with E-state index in [1.807, 2.05) is 6.20 Å². The van der Waals surface area contributed by atoms with Gasteiger partial charge in [0.2, 0.25) is 0 Å². The van der Waals surface area contributed by atoms with Crippen LogP contribution in [0.15, 0.2) is 6.20 Å². The number of hydrogen-bond acceptors (Lipinski definition) is 3. The predicted molar refractivity (Wildman–Crippen MR) is 78.4 cm³/mol. The SMILES string of the molecule is CCN(CC(C)C)c1cnc(C(C)C)nc1CCl. The summed E-state index contributed by atoms with van der Waals surface area (Å²) in [6, 6.07) is 0. The molecule has 0 saturated heterocycles. The third-order valence-electron chi connectivity index (χ3n) is 2.82. The molecule has 1 heterocycles. The molecule has 0 unspecified atom stereocenters. The normalized spacial score (nSPS) is 11.3. The summed E-state index contributed by atoms with van der Waals surface area (Å²) in [6.07, 6.45) is 1.92. The van der Waals surface area contributed by atoms with Crippen LogP contribution in [0.1, 0.15) is 52.1 Å². The van der Waals surface area contributed by atoms with Crippen molar-refractivity contribution in [1.82, 2.24) is 9.97 Å². The Morgan fingerprint density at radius 3 is 2.39 bits per heavy atom. The highest BCUT2D eigenvalue weighted by atomic mass is 35.5. The van der Waals surface area contributed by atoms with E-state index >= 15 is 0 Å². The number of anilines is 1. The van der Waals surface area contributed by atoms with Crippen LogP contribution in [-0.4, -0.2) is 23.1 Å². The van der Waals surface area contributed by atoms with Crippen molar-refractivity contribution in [3.8, 4) is 0 Å². The second-order valence-electron chi connectivity index (χ2n) is 5.28. The summed E-state index contributed by atoms with van der Waals surface area (Å²) < 4.78 is 0. The molecule has 18 heavy (non-hydrogen) atoms. The number of alkyl halides is 1. The summed E-state index contributed by atoms with van der Waals surface area (Å²) in [5.41, 5.74) is 2.02. The molecule has 0 aliphatic rings. The van der Waals surface area contributed by atoms with Crippen molar-refractivity contribution in [1.29, 1.82) is 0 Å². The molecular formula is C14H24ClN3. The average Bonchev–Trinajstić information content (AvgIpc) is 2.34. The van der Waals surface area contributed by atoms with Crippen LogP contribution in [0.25, 0.3) is 0 Å². The van der Waals surface area contributed by atoms with E-state index in [9.17, 15) is 0 Å². The van der Waals surface area contributed by atoms with E-state index < -0.39 is 0 Å². The maximum atomic E-state index is 6.03. The Hall–Kier alpha value is -0.830. The number of rotatable bonds is 6. The summed E-state index contributed by atoms with van der Waals surface area (Å²) in [6.45, 7) is 12.7. The zero-order valence-corrected chi connectivity index (χ0v) is 12.8. The smallest absolute Gasteiger partial charge is 0.131 e. The van der Waals surface area contributed by atoms with Crippen LogP contribution in [0, 0.1) is 5.92 Å². The van der Waals surface area contributed by atoms with E-state index in [0.717, 1.165) is 30.3 Å². The van der Waals surface area contributed by atoms with Crippen LogP contribution in [0.3, 0.4) is 0 Å². The Morgan fingerprint density at radius 1 is 1.28 bits per heavy atom. The van der Waals surface area contributed by atoms with Crippen molar-refractivity contribution in [2.75, 3.05) is 18.0 Å². The molecule has 0 aliphatic carbocycles. The summed E-state index contributed by atoms with van der Waals surface area (Å²) >= 11 is 6.03. The summed E-state index contributed by atoms with van der Waals surface area (Å²) in [7, 11) is 0. The molecule has 1 aromatic rings. The molecule has 0 aliphatic heterocycles. The lowest BCUT2D eigenvalue weighted by Gasteiger charge is -2.26. The zero-order valence-electron chi connectivity index (χ0n) is 12.1. The van der Waals surface area contributed by atoms with Crippen molar-refractivity contribution >= 4 is 17.3 Å². The fourth-order valence-electron chi connectivity index (χ4n) is 1.91. The van der Waals surface area contributed by atoms with Gasteiger partial charge in [-0.2, -0.15) is 0 Å². The van der Waals surface area contributed by atoms with E-state index in [4.69, 9.17) is 11.6 Å². The van der Waals surface area contributed by atoms with Crippen LogP contribution in [0.5, 0.6) is 0 Å². The van der Waals surface area contributed by atoms with E-state index in [-0.39, 0.29) is 0 Å². The third kappa shape index (κ3) is 3.84. The second-order valence-corrected chi connectivity index (χ2v) is 5.55. The molecule has 0 atom stereocenters. The fraction of sp³-hybridized carbons (Fsp3) is 0.714. The van der Waals surface area contributed by atoms with Gasteiger partial charge >= 0.3 is 0 Å². The Kier molecular flexibility index (Phi) is 5.86. The van der Waals surface area contributed by atoms with E-state index in [0.29, 0.717) is 17.7 Å². The van der Waals surface area contributed by atoms with Crippen LogP contribution < -0.4 is 4.90 Å². The highest BCUT2D eigenvalue weighted by Crippen LogP contribution is 2.22. The first-order chi connectivity index (χ1) is 8.49. The molecule has 3 nitrogen and oxygen atoms in total. The number of nitrogens with zero attached hydrogens (tertiary/aromatic N) is 3. The van der Waals surface area contributed by atoms with E-state index in [1.165, 1.54) is 0 Å². The lowest BCUT2D eigenvalue weighted by Crippen LogP contribution is -2.28. The molecule has 0 aromatic carbocycles. The van der Waals surface area contributed by atoms with Gasteiger partial charge in [-0.25, -0.2) is 9.97 Å². The van der Waals surface area contributed by atoms with Gasteiger partial charge in [-0.1, -0.05) is 27.7 Å². The number of hydrogen-bond donors (Lipinski definition) is 0. The van der Waals surface area contributed by atoms with Crippen LogP contribution in [0.4, 0.5) is 5.69 Å². The van der Waals surface area contributed by atoms with Gasteiger partial charge in [-0.15, -0.1) is 11.6 Å². The average molecular weight is 270 g/mol. The quantitative estimate of drug-likeness (QED) is 0.735. The van der Waals surface area contributed by atoms with Gasteiger partial charge < -0.3 is 4.90 Å². The topological polar surface area (TPSA) is 29.0 Å². The maximum Gasteiger partial charge on any atom is 0.131 e. The minimum atomic E-state index is 0.334. The van der Waals surface area contributed by atoms with Crippen LogP contribution >= 0.6 is 11.6 Å². The molecule has 1 rings (SSSR count). The Bertz CT molecular complexity index is 377. The molecule has 4 heteroatoms. The van der Waals surface area contributed by atoms with Crippen molar-refractivity contribution in [3.63, 3.8) is 0 Å². The van der Waals surface area contributed by atoms with Gasteiger partial charge in [0, 0.05) is 19.0 Å². The van der Waals surface area contributed by atoms with Gasteiger partial charge in [-0.3, -0.25) is 0 Å². The summed E-state index contributed by atoms with van der Waals surface area (Å²) in [5.74, 6) is 2.25. The van der Waals surface area contributed by atoms with E-state index in [1.54, 1.807) is 0 Å². The lowest BCUT2D eigenvalue weighted by molar-refractivity contribution is 0.614. The molecule has 0 N–H and O–H groups in total. The largest absolute Gasteiger partial charge is 0.369 e. The maximum absolute atomic E-state index is 6.03. The first-order valence-corrected chi connectivity index (χ1v) is 7.19. The molecule has 0 radical (unpaired) electrons. The van der Waals surface area contributed by atoms with Crippen molar-refractivity contribution in [2.24, 2.45) is 5.92 Å². The number of halogens is 1. The van der Waals surface area contributed by atoms with Crippen molar-refractivity contribution in [3.05, 3.63) is 17.7 Å². The van der Waals surface area contributed by atoms with Gasteiger partial charge in [0.25, 0.3) is 0 Å². The van der Waals surface area contributed by atoms with Crippen LogP contribution in [0.2, 0.25) is 0 Å². The molecule has 0 spiro atoms. The van der Waals surface area contributed by atoms with Gasteiger partial charge in [-0.05, 0) is 12.8 Å². The first kappa shape index (κ1) is 15.2. The molecule has 102 valence electrons. The van der Waals surface area contributed by atoms with Crippen molar-refractivity contribution in [2.45, 2.75) is 46.4 Å². The highest BCUT2D eigenvalue weighted by Gasteiger charge is 2.14. The monoisotopic (exact) mass is 269 g/mol. The Balaban J connectivity index is 3.06. The number of aromatic nitrogens is 2. The fourth-order valence-corrected chi connectivity index (χ4v) is 2.10. The Morgan fingerprint density at radius 2 is 1.94 bits per heavy atom. The standard InChI is InChI=1S/C14H24ClN3/c1-6-18(9-10(2)3)13-8-16-14(11(4)5)17-12(13)7-15/h8,10-11H,6-7,9H2,1-5H3. The molecule has 0 fully saturated rings. The highest BCUT2D eigenvalue weighted by molar-refractivity contribution is 6.17. The van der Waals surface area contributed by atoms with Gasteiger partial charge in [0.1, 0.15) is 5.82 Å².